The van der Waals surface area contributed by atoms with E-state index in [2.05, 4.69) is 0 Å². The van der Waals surface area contributed by atoms with Gasteiger partial charge in [0.05, 0.1) is 4.91 Å². The predicted molar refractivity (Wildman–Crippen MR) is 141 cm³/mol. The maximum Gasteiger partial charge on any atom is 0.339 e. The lowest BCUT2D eigenvalue weighted by atomic mass is 10.1. The minimum atomic E-state index is -4.05. The lowest BCUT2D eigenvalue weighted by Crippen LogP contribution is -2.44. The maximum atomic E-state index is 12.8. The van der Waals surface area contributed by atoms with Crippen molar-refractivity contribution in [1.29, 1.82) is 0 Å². The zero-order chi connectivity index (χ0) is 26.0. The van der Waals surface area contributed by atoms with E-state index in [9.17, 15) is 22.8 Å². The van der Waals surface area contributed by atoms with E-state index in [0.717, 1.165) is 46.7 Å². The molecule has 37 heavy (non-hydrogen) atoms. The number of carbonyl (C=O) groups excluding carboxylic acids is 3. The Morgan fingerprint density at radius 2 is 1.62 bits per heavy atom. The van der Waals surface area contributed by atoms with Crippen LogP contribution < -0.4 is 4.18 Å². The van der Waals surface area contributed by atoms with E-state index in [4.69, 9.17) is 4.18 Å². The number of nitrogens with zero attached hydrogens (tertiary/aromatic N) is 2. The summed E-state index contributed by atoms with van der Waals surface area (Å²) in [5.74, 6) is -0.623. The third-order valence-electron chi connectivity index (χ3n) is 6.27. The molecule has 10 heteroatoms. The normalized spacial score (nSPS) is 17.6. The average Bonchev–Trinajstić information content (AvgIpc) is 3.17. The van der Waals surface area contributed by atoms with Crippen LogP contribution in [0.2, 0.25) is 0 Å². The van der Waals surface area contributed by atoms with Crippen LogP contribution in [0.15, 0.2) is 76.5 Å². The van der Waals surface area contributed by atoms with E-state index in [1.165, 1.54) is 24.3 Å². The summed E-state index contributed by atoms with van der Waals surface area (Å²) < 4.78 is 30.8. The number of fused-ring (bicyclic) bond motifs is 1. The fraction of sp³-hybridized carbons (Fsp3) is 0.222. The van der Waals surface area contributed by atoms with Crippen molar-refractivity contribution in [3.05, 3.63) is 77.2 Å². The van der Waals surface area contributed by atoms with Crippen molar-refractivity contribution < 1.29 is 27.0 Å². The fourth-order valence-corrected chi connectivity index (χ4v) is 6.09. The van der Waals surface area contributed by atoms with Crippen molar-refractivity contribution in [3.8, 4) is 5.75 Å². The molecule has 3 amide bonds. The second kappa shape index (κ2) is 10.4. The summed E-state index contributed by atoms with van der Waals surface area (Å²) in [5.41, 5.74) is 0.586. The molecule has 2 aliphatic heterocycles. The summed E-state index contributed by atoms with van der Waals surface area (Å²) in [6.45, 7) is 1.03. The molecule has 0 spiro atoms. The Morgan fingerprint density at radius 3 is 2.35 bits per heavy atom. The number of amides is 3. The van der Waals surface area contributed by atoms with Gasteiger partial charge in [0.25, 0.3) is 11.1 Å². The Labute approximate surface area is 219 Å². The first kappa shape index (κ1) is 25.0. The van der Waals surface area contributed by atoms with E-state index in [1.807, 2.05) is 24.3 Å². The molecule has 0 bridgehead atoms. The van der Waals surface area contributed by atoms with Crippen molar-refractivity contribution in [3.63, 3.8) is 0 Å². The molecule has 0 aliphatic carbocycles. The van der Waals surface area contributed by atoms with E-state index in [0.29, 0.717) is 18.7 Å². The molecule has 3 aromatic rings. The molecule has 0 atom stereocenters. The molecule has 5 rings (SSSR count). The first-order chi connectivity index (χ1) is 17.8. The third-order valence-corrected chi connectivity index (χ3v) is 8.42. The Balaban J connectivity index is 1.26. The number of benzene rings is 3. The molecule has 2 fully saturated rings. The van der Waals surface area contributed by atoms with E-state index < -0.39 is 21.3 Å². The zero-order valence-corrected chi connectivity index (χ0v) is 21.5. The Kier molecular flexibility index (Phi) is 7.03. The zero-order valence-electron chi connectivity index (χ0n) is 19.8. The van der Waals surface area contributed by atoms with Gasteiger partial charge in [0.15, 0.2) is 0 Å². The van der Waals surface area contributed by atoms with Gasteiger partial charge >= 0.3 is 10.1 Å². The molecule has 0 N–H and O–H groups in total. The molecular weight excluding hydrogens is 512 g/mol. The van der Waals surface area contributed by atoms with E-state index >= 15 is 0 Å². The Bertz CT molecular complexity index is 1510. The van der Waals surface area contributed by atoms with Gasteiger partial charge in [-0.25, -0.2) is 0 Å². The van der Waals surface area contributed by atoms with Crippen LogP contribution in [-0.4, -0.2) is 54.9 Å². The molecular formula is C27H24N2O6S2. The highest BCUT2D eigenvalue weighted by molar-refractivity contribution is 8.18. The fourth-order valence-electron chi connectivity index (χ4n) is 4.28. The Morgan fingerprint density at radius 1 is 0.919 bits per heavy atom. The van der Waals surface area contributed by atoms with Gasteiger partial charge in [-0.1, -0.05) is 42.5 Å². The average molecular weight is 537 g/mol. The number of thioether (sulfide) groups is 1. The van der Waals surface area contributed by atoms with Crippen LogP contribution in [0.25, 0.3) is 16.8 Å². The van der Waals surface area contributed by atoms with E-state index in [1.54, 1.807) is 29.2 Å². The molecule has 190 valence electrons. The van der Waals surface area contributed by atoms with Gasteiger partial charge in [-0.05, 0) is 77.7 Å². The highest BCUT2D eigenvalue weighted by Crippen LogP contribution is 2.33. The molecule has 8 nitrogen and oxygen atoms in total. The highest BCUT2D eigenvalue weighted by Gasteiger charge is 2.37. The summed E-state index contributed by atoms with van der Waals surface area (Å²) >= 11 is 0.778. The summed E-state index contributed by atoms with van der Waals surface area (Å²) in [6.07, 6.45) is 4.47. The van der Waals surface area contributed by atoms with Crippen molar-refractivity contribution in [2.45, 2.75) is 24.2 Å². The van der Waals surface area contributed by atoms with Gasteiger partial charge in [-0.2, -0.15) is 8.42 Å². The molecule has 0 saturated carbocycles. The number of imide groups is 1. The van der Waals surface area contributed by atoms with Crippen LogP contribution in [0.4, 0.5) is 4.79 Å². The molecule has 0 unspecified atom stereocenters. The Hall–Kier alpha value is -3.63. The second-order valence-electron chi connectivity index (χ2n) is 8.82. The quantitative estimate of drug-likeness (QED) is 0.334. The van der Waals surface area contributed by atoms with Gasteiger partial charge in [-0.15, -0.1) is 0 Å². The smallest absolute Gasteiger partial charge is 0.339 e. The first-order valence-electron chi connectivity index (χ1n) is 11.9. The molecule has 0 radical (unpaired) electrons. The second-order valence-corrected chi connectivity index (χ2v) is 11.4. The van der Waals surface area contributed by atoms with Gasteiger partial charge in [-0.3, -0.25) is 19.3 Å². The van der Waals surface area contributed by atoms with Crippen molar-refractivity contribution in [1.82, 2.24) is 9.80 Å². The monoisotopic (exact) mass is 536 g/mol. The molecule has 2 saturated heterocycles. The first-order valence-corrected chi connectivity index (χ1v) is 14.1. The van der Waals surface area contributed by atoms with Crippen molar-refractivity contribution in [2.24, 2.45) is 0 Å². The van der Waals surface area contributed by atoms with Crippen molar-refractivity contribution in [2.75, 3.05) is 19.6 Å². The summed E-state index contributed by atoms with van der Waals surface area (Å²) in [7, 11) is -4.05. The molecule has 0 aromatic heterocycles. The SMILES string of the molecule is O=C(CN1C(=O)S/C(=C\c2ccc(OS(=O)(=O)c3ccc4ccccc4c3)cc2)C1=O)N1CCCCC1. The molecule has 3 aromatic carbocycles. The molecule has 2 heterocycles. The summed E-state index contributed by atoms with van der Waals surface area (Å²) in [6, 6.07) is 18.4. The van der Waals surface area contributed by atoms with Crippen molar-refractivity contribution >= 4 is 55.8 Å². The maximum absolute atomic E-state index is 12.8. The van der Waals surface area contributed by atoms with Crippen LogP contribution in [0.3, 0.4) is 0 Å². The highest BCUT2D eigenvalue weighted by atomic mass is 32.2. The molecule has 2 aliphatic rings. The number of hydrogen-bond donors (Lipinski definition) is 0. The van der Waals surface area contributed by atoms with Crippen LogP contribution in [-0.2, 0) is 19.7 Å². The third kappa shape index (κ3) is 5.55. The van der Waals surface area contributed by atoms with Gasteiger partial charge in [0.1, 0.15) is 17.2 Å². The topological polar surface area (TPSA) is 101 Å². The van der Waals surface area contributed by atoms with Gasteiger partial charge in [0.2, 0.25) is 5.91 Å². The standard InChI is InChI=1S/C27H24N2O6S2/c30-25(28-14-4-1-5-15-28)18-29-26(31)24(36-27(29)32)16-19-8-11-22(12-9-19)35-37(33,34)23-13-10-20-6-2-3-7-21(20)17-23/h2-3,6-13,16-17H,1,4-5,14-15,18H2/b24-16-. The number of piperidine rings is 1. The predicted octanol–water partition coefficient (Wildman–Crippen LogP) is 4.66. The largest absolute Gasteiger partial charge is 0.379 e. The number of likely N-dealkylation sites (tertiary alicyclic amines) is 1. The lowest BCUT2D eigenvalue weighted by Gasteiger charge is -2.27. The minimum Gasteiger partial charge on any atom is -0.379 e. The summed E-state index contributed by atoms with van der Waals surface area (Å²) in [4.78, 5) is 40.6. The lowest BCUT2D eigenvalue weighted by molar-refractivity contribution is -0.136. The number of hydrogen-bond acceptors (Lipinski definition) is 7. The number of carbonyl (C=O) groups is 3. The summed E-state index contributed by atoms with van der Waals surface area (Å²) in [5, 5.41) is 1.23. The van der Waals surface area contributed by atoms with Gasteiger partial charge in [0, 0.05) is 13.1 Å². The van der Waals surface area contributed by atoms with Crippen LogP contribution in [0, 0.1) is 0 Å². The van der Waals surface area contributed by atoms with Crippen LogP contribution >= 0.6 is 11.8 Å². The van der Waals surface area contributed by atoms with Crippen LogP contribution in [0.5, 0.6) is 5.75 Å². The minimum absolute atomic E-state index is 0.0445. The van der Waals surface area contributed by atoms with Crippen LogP contribution in [0.1, 0.15) is 24.8 Å². The van der Waals surface area contributed by atoms with Gasteiger partial charge < -0.3 is 9.08 Å². The number of rotatable bonds is 6. The van der Waals surface area contributed by atoms with E-state index in [-0.39, 0.29) is 28.0 Å².